The molecule has 0 saturated heterocycles. The van der Waals surface area contributed by atoms with Gasteiger partial charge in [0.1, 0.15) is 19.3 Å². The molecule has 0 saturated carbocycles. The molecule has 0 aliphatic heterocycles. The van der Waals surface area contributed by atoms with Gasteiger partial charge in [0.25, 0.3) is 0 Å². The van der Waals surface area contributed by atoms with Gasteiger partial charge >= 0.3 is 13.8 Å². The van der Waals surface area contributed by atoms with Gasteiger partial charge in [-0.3, -0.25) is 13.8 Å². The Bertz CT molecular complexity index is 1200. The Labute approximate surface area is 356 Å². The molecule has 9 heteroatoms. The lowest BCUT2D eigenvalue weighted by atomic mass is 10.1. The molecule has 0 heterocycles. The number of hydrogen-bond acceptors (Lipinski definition) is 6. The molecule has 1 N–H and O–H groups in total. The number of ether oxygens (including phenoxy) is 2. The van der Waals surface area contributed by atoms with Crippen molar-refractivity contribution in [1.29, 1.82) is 0 Å². The maximum absolute atomic E-state index is 12.7. The summed E-state index contributed by atoms with van der Waals surface area (Å²) in [6, 6.07) is 0. The molecule has 0 aromatic rings. The second-order valence-electron chi connectivity index (χ2n) is 16.0. The second-order valence-corrected chi connectivity index (χ2v) is 17.5. The number of carbonyl (C=O) groups excluding carboxylic acids is 1. The van der Waals surface area contributed by atoms with Crippen LogP contribution in [0.5, 0.6) is 0 Å². The molecular formula is C49H87NO7P+. The molecule has 2 atom stereocenters. The van der Waals surface area contributed by atoms with Gasteiger partial charge in [-0.1, -0.05) is 150 Å². The first-order valence-corrected chi connectivity index (χ1v) is 24.3. The zero-order chi connectivity index (χ0) is 42.7. The average Bonchev–Trinajstić information content (AvgIpc) is 3.18. The predicted molar refractivity (Wildman–Crippen MR) is 247 cm³/mol. The van der Waals surface area contributed by atoms with E-state index >= 15 is 0 Å². The van der Waals surface area contributed by atoms with Crippen molar-refractivity contribution in [3.05, 3.63) is 85.1 Å². The largest absolute Gasteiger partial charge is 0.472 e. The topological polar surface area (TPSA) is 91.3 Å². The van der Waals surface area contributed by atoms with Crippen LogP contribution in [0.4, 0.5) is 0 Å². The smallest absolute Gasteiger partial charge is 0.457 e. The molecule has 0 rings (SSSR count). The van der Waals surface area contributed by atoms with Gasteiger partial charge in [0.05, 0.1) is 34.4 Å². The van der Waals surface area contributed by atoms with Crippen molar-refractivity contribution < 1.29 is 37.3 Å². The van der Waals surface area contributed by atoms with Crippen LogP contribution < -0.4 is 0 Å². The van der Waals surface area contributed by atoms with Crippen LogP contribution in [0.25, 0.3) is 0 Å². The third kappa shape index (κ3) is 44.8. The monoisotopic (exact) mass is 833 g/mol. The normalized spacial score (nSPS) is 14.5. The molecule has 2 unspecified atom stereocenters. The van der Waals surface area contributed by atoms with E-state index in [2.05, 4.69) is 98.9 Å². The van der Waals surface area contributed by atoms with Crippen LogP contribution in [-0.2, 0) is 27.9 Å². The number of phosphoric ester groups is 1. The third-order valence-corrected chi connectivity index (χ3v) is 10.2. The highest BCUT2D eigenvalue weighted by atomic mass is 31.2. The van der Waals surface area contributed by atoms with Crippen LogP contribution in [0.3, 0.4) is 0 Å². The van der Waals surface area contributed by atoms with Gasteiger partial charge in [-0.25, -0.2) is 4.57 Å². The summed E-state index contributed by atoms with van der Waals surface area (Å²) < 4.78 is 35.0. The molecule has 0 radical (unpaired) electrons. The van der Waals surface area contributed by atoms with Crippen LogP contribution in [0, 0.1) is 0 Å². The Kier molecular flexibility index (Phi) is 39.8. The molecule has 0 aromatic heterocycles. The minimum Gasteiger partial charge on any atom is -0.457 e. The first-order valence-electron chi connectivity index (χ1n) is 22.8. The Morgan fingerprint density at radius 3 is 1.50 bits per heavy atom. The number of hydrogen-bond donors (Lipinski definition) is 1. The highest BCUT2D eigenvalue weighted by Crippen LogP contribution is 2.43. The van der Waals surface area contributed by atoms with Gasteiger partial charge in [0.15, 0.2) is 0 Å². The molecule has 0 fully saturated rings. The van der Waals surface area contributed by atoms with E-state index in [4.69, 9.17) is 18.5 Å². The first-order chi connectivity index (χ1) is 28.1. The zero-order valence-corrected chi connectivity index (χ0v) is 38.6. The Hall–Kier alpha value is -2.32. The van der Waals surface area contributed by atoms with Gasteiger partial charge in [-0.15, -0.1) is 0 Å². The molecule has 58 heavy (non-hydrogen) atoms. The number of quaternary nitrogens is 1. The van der Waals surface area contributed by atoms with E-state index < -0.39 is 13.9 Å². The maximum atomic E-state index is 12.7. The highest BCUT2D eigenvalue weighted by Gasteiger charge is 2.26. The summed E-state index contributed by atoms with van der Waals surface area (Å²) in [4.78, 5) is 22.9. The molecule has 0 amide bonds. The molecule has 0 aliphatic rings. The number of carbonyl (C=O) groups is 1. The van der Waals surface area contributed by atoms with E-state index in [1.54, 1.807) is 0 Å². The maximum Gasteiger partial charge on any atom is 0.472 e. The summed E-state index contributed by atoms with van der Waals surface area (Å²) in [6.45, 7) is 5.39. The molecule has 0 aromatic carbocycles. The molecular weight excluding hydrogens is 746 g/mol. The Morgan fingerprint density at radius 2 is 1.00 bits per heavy atom. The van der Waals surface area contributed by atoms with Crippen LogP contribution in [0.15, 0.2) is 85.1 Å². The van der Waals surface area contributed by atoms with Crippen molar-refractivity contribution in [1.82, 2.24) is 0 Å². The van der Waals surface area contributed by atoms with Gasteiger partial charge in [0, 0.05) is 13.0 Å². The number of likely N-dealkylation sites (N-methyl/N-ethyl adjacent to an activating group) is 1. The quantitative estimate of drug-likeness (QED) is 0.0216. The van der Waals surface area contributed by atoms with Crippen molar-refractivity contribution in [2.24, 2.45) is 0 Å². The SMILES string of the molecule is CC/C=C\C/C=C\C/C=C\C/C=C\C/C=C\CCCCCCOCC(COP(=O)(O)OCC[N+](C)(C)C)OC(=O)CCCCCCC/C=C\C/C=C\CCCCCC. The molecule has 0 spiro atoms. The lowest BCUT2D eigenvalue weighted by Crippen LogP contribution is -2.37. The Balaban J connectivity index is 4.32. The average molecular weight is 833 g/mol. The van der Waals surface area contributed by atoms with Crippen LogP contribution >= 0.6 is 7.82 Å². The summed E-state index contributed by atoms with van der Waals surface area (Å²) in [5.41, 5.74) is 0. The van der Waals surface area contributed by atoms with E-state index in [0.717, 1.165) is 109 Å². The minimum absolute atomic E-state index is 0.0756. The van der Waals surface area contributed by atoms with E-state index in [-0.39, 0.29) is 25.8 Å². The van der Waals surface area contributed by atoms with E-state index in [1.165, 1.54) is 32.1 Å². The highest BCUT2D eigenvalue weighted by molar-refractivity contribution is 7.47. The summed E-state index contributed by atoms with van der Waals surface area (Å²) in [6.07, 6.45) is 54.7. The first kappa shape index (κ1) is 55.7. The van der Waals surface area contributed by atoms with Crippen molar-refractivity contribution in [3.8, 4) is 0 Å². The molecule has 8 nitrogen and oxygen atoms in total. The number of nitrogens with zero attached hydrogens (tertiary/aromatic N) is 1. The number of allylic oxidation sites excluding steroid dienone is 14. The van der Waals surface area contributed by atoms with Crippen LogP contribution in [-0.4, -0.2) is 75.6 Å². The van der Waals surface area contributed by atoms with E-state index in [0.29, 0.717) is 24.1 Å². The van der Waals surface area contributed by atoms with Gasteiger partial charge < -0.3 is 18.9 Å². The summed E-state index contributed by atoms with van der Waals surface area (Å²) in [5, 5.41) is 0. The van der Waals surface area contributed by atoms with Crippen LogP contribution in [0.2, 0.25) is 0 Å². The van der Waals surface area contributed by atoms with E-state index in [1.807, 2.05) is 21.1 Å². The van der Waals surface area contributed by atoms with Crippen molar-refractivity contribution in [2.75, 3.05) is 54.1 Å². The Morgan fingerprint density at radius 1 is 0.552 bits per heavy atom. The fraction of sp³-hybridized carbons (Fsp3) is 0.694. The number of phosphoric acid groups is 1. The minimum atomic E-state index is -4.29. The second kappa shape index (κ2) is 41.4. The van der Waals surface area contributed by atoms with Crippen LogP contribution in [0.1, 0.15) is 162 Å². The van der Waals surface area contributed by atoms with Gasteiger partial charge in [0.2, 0.25) is 0 Å². The number of unbranched alkanes of at least 4 members (excludes halogenated alkanes) is 13. The number of esters is 1. The lowest BCUT2D eigenvalue weighted by Gasteiger charge is -2.24. The summed E-state index contributed by atoms with van der Waals surface area (Å²) >= 11 is 0. The van der Waals surface area contributed by atoms with Gasteiger partial charge in [-0.2, -0.15) is 0 Å². The van der Waals surface area contributed by atoms with Crippen molar-refractivity contribution in [2.45, 2.75) is 168 Å². The van der Waals surface area contributed by atoms with Gasteiger partial charge in [-0.05, 0) is 89.9 Å². The van der Waals surface area contributed by atoms with E-state index in [9.17, 15) is 14.3 Å². The summed E-state index contributed by atoms with van der Waals surface area (Å²) in [5.74, 6) is -0.340. The fourth-order valence-corrected chi connectivity index (χ4v) is 6.41. The third-order valence-electron chi connectivity index (χ3n) is 9.19. The predicted octanol–water partition coefficient (Wildman–Crippen LogP) is 13.7. The van der Waals surface area contributed by atoms with Crippen molar-refractivity contribution >= 4 is 13.8 Å². The number of rotatable bonds is 41. The molecule has 0 bridgehead atoms. The summed E-state index contributed by atoms with van der Waals surface area (Å²) in [7, 11) is 1.62. The standard InChI is InChI=1S/C49H86NO7P/c1-6-8-10-12-14-16-18-20-22-24-25-26-27-29-31-33-35-37-39-41-44-54-46-48(47-56-58(52,53)55-45-43-50(3,4)5)57-49(51)42-40-38-36-34-32-30-28-23-21-19-17-15-13-11-9-7-2/h8,10,14,16-17,19-20,22-23,25-26,28-29,31,48H,6-7,9,11-13,15,18,21,24,27,30,32-47H2,1-5H3/p+1/b10-8-,16-14-,19-17-,22-20-,26-25-,28-23-,31-29-. The zero-order valence-electron chi connectivity index (χ0n) is 37.8. The molecule has 0 aliphatic carbocycles. The molecule has 334 valence electrons. The van der Waals surface area contributed by atoms with Crippen molar-refractivity contribution in [3.63, 3.8) is 0 Å². The lowest BCUT2D eigenvalue weighted by molar-refractivity contribution is -0.870. The fourth-order valence-electron chi connectivity index (χ4n) is 5.67.